The normalized spacial score (nSPS) is 11.4. The molecule has 0 N–H and O–H groups in total. The van der Waals surface area contributed by atoms with E-state index in [2.05, 4.69) is 26.2 Å². The summed E-state index contributed by atoms with van der Waals surface area (Å²) in [7, 11) is 2.03. The fourth-order valence-corrected chi connectivity index (χ4v) is 0.550. The van der Waals surface area contributed by atoms with Gasteiger partial charge in [-0.3, -0.25) is 0 Å². The van der Waals surface area contributed by atoms with E-state index < -0.39 is 0 Å². The van der Waals surface area contributed by atoms with Crippen LogP contribution in [-0.4, -0.2) is 24.6 Å². The topological polar surface area (TPSA) is 17.3 Å². The van der Waals surface area contributed by atoms with Gasteiger partial charge in [-0.1, -0.05) is 13.3 Å². The van der Waals surface area contributed by atoms with Crippen LogP contribution in [0.5, 0.6) is 0 Å². The van der Waals surface area contributed by atoms with Gasteiger partial charge in [-0.05, 0) is 20.3 Å². The summed E-state index contributed by atoms with van der Waals surface area (Å²) in [5, 5.41) is 2.02. The van der Waals surface area contributed by atoms with E-state index in [1.54, 1.807) is 0 Å². The van der Waals surface area contributed by atoms with Crippen LogP contribution in [0.25, 0.3) is 0 Å². The van der Waals surface area contributed by atoms with Gasteiger partial charge in [-0.25, -0.2) is 5.01 Å². The third-order valence-corrected chi connectivity index (χ3v) is 1.58. The molecule has 0 bridgehead atoms. The molecule has 0 aromatic heterocycles. The van der Waals surface area contributed by atoms with Crippen LogP contribution < -0.4 is 5.43 Å². The maximum Gasteiger partial charge on any atom is 0.0306 e. The van der Waals surface area contributed by atoms with Crippen molar-refractivity contribution >= 4 is 0 Å². The highest BCUT2D eigenvalue weighted by atomic mass is 15.5. The molecule has 0 spiro atoms. The Morgan fingerprint density at radius 1 is 1.40 bits per heavy atom. The van der Waals surface area contributed by atoms with E-state index in [4.69, 9.17) is 0 Å². The van der Waals surface area contributed by atoms with Crippen molar-refractivity contribution in [3.05, 3.63) is 0 Å². The highest BCUT2D eigenvalue weighted by molar-refractivity contribution is 4.50. The van der Waals surface area contributed by atoms with E-state index in [0.29, 0.717) is 6.04 Å². The number of hydrogen-bond acceptors (Lipinski definition) is 1. The second-order valence-corrected chi connectivity index (χ2v) is 2.89. The van der Waals surface area contributed by atoms with Crippen molar-refractivity contribution < 1.29 is 0 Å². The van der Waals surface area contributed by atoms with Gasteiger partial charge in [0, 0.05) is 19.6 Å². The lowest BCUT2D eigenvalue weighted by molar-refractivity contribution is 0.178. The van der Waals surface area contributed by atoms with Gasteiger partial charge < -0.3 is 0 Å². The summed E-state index contributed by atoms with van der Waals surface area (Å²) in [5.74, 6) is 0. The quantitative estimate of drug-likeness (QED) is 0.422. The summed E-state index contributed by atoms with van der Waals surface area (Å²) in [6.07, 6.45) is 2.44. The van der Waals surface area contributed by atoms with E-state index in [1.165, 1.54) is 12.8 Å². The van der Waals surface area contributed by atoms with Gasteiger partial charge in [0.1, 0.15) is 0 Å². The molecular formula is C8H19N2. The first-order valence-corrected chi connectivity index (χ1v) is 4.08. The predicted octanol–water partition coefficient (Wildman–Crippen LogP) is 1.65. The zero-order valence-corrected chi connectivity index (χ0v) is 7.59. The van der Waals surface area contributed by atoms with Crippen molar-refractivity contribution in [1.82, 2.24) is 10.4 Å². The molecule has 2 nitrogen and oxygen atoms in total. The minimum Gasteiger partial charge on any atom is -0.227 e. The lowest BCUT2D eigenvalue weighted by Crippen LogP contribution is -2.34. The van der Waals surface area contributed by atoms with Gasteiger partial charge in [0.2, 0.25) is 0 Å². The molecule has 0 unspecified atom stereocenters. The standard InChI is InChI=1S/C8H19N2/c1-5-6-7-9-10(4)8(2)3/h8H,5-7H2,1-4H3. The Labute approximate surface area is 64.6 Å². The number of unbranched alkanes of at least 4 members (excludes halogenated alkanes) is 1. The van der Waals surface area contributed by atoms with Crippen molar-refractivity contribution in [3.8, 4) is 0 Å². The molecular weight excluding hydrogens is 124 g/mol. The molecule has 0 rings (SSSR count). The molecule has 0 fully saturated rings. The second kappa shape index (κ2) is 5.69. The van der Waals surface area contributed by atoms with Crippen LogP contribution in [0.3, 0.4) is 0 Å². The number of rotatable bonds is 5. The van der Waals surface area contributed by atoms with Crippen LogP contribution in [0.4, 0.5) is 0 Å². The van der Waals surface area contributed by atoms with Gasteiger partial charge in [0.25, 0.3) is 0 Å². The summed E-state index contributed by atoms with van der Waals surface area (Å²) in [6, 6.07) is 0.539. The molecule has 0 aliphatic heterocycles. The molecule has 0 amide bonds. The Bertz CT molecular complexity index is 71.7. The van der Waals surface area contributed by atoms with Crippen molar-refractivity contribution in [2.75, 3.05) is 13.6 Å². The van der Waals surface area contributed by atoms with Gasteiger partial charge in [0.05, 0.1) is 0 Å². The fraction of sp³-hybridized carbons (Fsp3) is 1.00. The van der Waals surface area contributed by atoms with E-state index >= 15 is 0 Å². The fourth-order valence-electron chi connectivity index (χ4n) is 0.550. The van der Waals surface area contributed by atoms with Gasteiger partial charge >= 0.3 is 0 Å². The van der Waals surface area contributed by atoms with E-state index in [0.717, 1.165) is 6.54 Å². The minimum atomic E-state index is 0.539. The average molecular weight is 143 g/mol. The van der Waals surface area contributed by atoms with Crippen molar-refractivity contribution in [3.63, 3.8) is 0 Å². The molecule has 0 aliphatic rings. The zero-order valence-electron chi connectivity index (χ0n) is 7.59. The first kappa shape index (κ1) is 9.92. The predicted molar refractivity (Wildman–Crippen MR) is 44.8 cm³/mol. The molecule has 1 radical (unpaired) electrons. The van der Waals surface area contributed by atoms with E-state index in [1.807, 2.05) is 12.1 Å². The number of hydrogen-bond donors (Lipinski definition) is 0. The highest BCUT2D eigenvalue weighted by Gasteiger charge is 2.01. The molecule has 10 heavy (non-hydrogen) atoms. The Balaban J connectivity index is 3.13. The Morgan fingerprint density at radius 2 is 2.00 bits per heavy atom. The Morgan fingerprint density at radius 3 is 2.40 bits per heavy atom. The Hall–Kier alpha value is -0.0800. The summed E-state index contributed by atoms with van der Waals surface area (Å²) in [5.41, 5.74) is 4.35. The zero-order chi connectivity index (χ0) is 7.98. The van der Waals surface area contributed by atoms with E-state index in [9.17, 15) is 0 Å². The molecule has 0 heterocycles. The third-order valence-electron chi connectivity index (χ3n) is 1.58. The van der Waals surface area contributed by atoms with Crippen molar-refractivity contribution in [2.45, 2.75) is 39.7 Å². The highest BCUT2D eigenvalue weighted by Crippen LogP contribution is 1.91. The largest absolute Gasteiger partial charge is 0.227 e. The lowest BCUT2D eigenvalue weighted by atomic mass is 10.3. The summed E-state index contributed by atoms with van der Waals surface area (Å²) < 4.78 is 0. The van der Waals surface area contributed by atoms with Gasteiger partial charge in [-0.2, -0.15) is 5.43 Å². The monoisotopic (exact) mass is 143 g/mol. The molecule has 0 saturated carbocycles. The molecule has 0 aromatic rings. The SMILES string of the molecule is CCCC[N]N(C)C(C)C. The summed E-state index contributed by atoms with van der Waals surface area (Å²) >= 11 is 0. The van der Waals surface area contributed by atoms with Crippen LogP contribution in [0, 0.1) is 0 Å². The van der Waals surface area contributed by atoms with E-state index in [-0.39, 0.29) is 0 Å². The summed E-state index contributed by atoms with van der Waals surface area (Å²) in [6.45, 7) is 7.46. The second-order valence-electron chi connectivity index (χ2n) is 2.89. The smallest absolute Gasteiger partial charge is 0.0306 e. The molecule has 61 valence electrons. The summed E-state index contributed by atoms with van der Waals surface area (Å²) in [4.78, 5) is 0. The van der Waals surface area contributed by atoms with Gasteiger partial charge in [0.15, 0.2) is 0 Å². The third kappa shape index (κ3) is 4.77. The maximum absolute atomic E-state index is 4.35. The van der Waals surface area contributed by atoms with Crippen LogP contribution in [-0.2, 0) is 0 Å². The first-order valence-electron chi connectivity index (χ1n) is 4.08. The lowest BCUT2D eigenvalue weighted by Gasteiger charge is -2.19. The molecule has 0 atom stereocenters. The van der Waals surface area contributed by atoms with Crippen LogP contribution >= 0.6 is 0 Å². The van der Waals surface area contributed by atoms with Gasteiger partial charge in [-0.15, -0.1) is 0 Å². The first-order chi connectivity index (χ1) is 4.68. The molecule has 0 aromatic carbocycles. The van der Waals surface area contributed by atoms with Crippen molar-refractivity contribution in [2.24, 2.45) is 0 Å². The molecule has 0 aliphatic carbocycles. The van der Waals surface area contributed by atoms with Crippen LogP contribution in [0.15, 0.2) is 0 Å². The molecule has 0 saturated heterocycles. The Kier molecular flexibility index (Phi) is 5.64. The average Bonchev–Trinajstić information content (AvgIpc) is 1.88. The van der Waals surface area contributed by atoms with Crippen LogP contribution in [0.1, 0.15) is 33.6 Å². The molecule has 2 heteroatoms. The minimum absolute atomic E-state index is 0.539. The van der Waals surface area contributed by atoms with Crippen LogP contribution in [0.2, 0.25) is 0 Å². The van der Waals surface area contributed by atoms with Crippen molar-refractivity contribution in [1.29, 1.82) is 0 Å². The maximum atomic E-state index is 4.35. The number of nitrogens with zero attached hydrogens (tertiary/aromatic N) is 2.